The highest BCUT2D eigenvalue weighted by molar-refractivity contribution is 5.89. The summed E-state index contributed by atoms with van der Waals surface area (Å²) in [6, 6.07) is 0. The molecule has 0 amide bonds. The van der Waals surface area contributed by atoms with E-state index in [2.05, 4.69) is 9.72 Å². The fraction of sp³-hybridized carbons (Fsp3) is 0.545. The molecule has 6 heteroatoms. The summed E-state index contributed by atoms with van der Waals surface area (Å²) in [6.07, 6.45) is 1.83. The molecule has 1 aliphatic carbocycles. The van der Waals surface area contributed by atoms with Crippen LogP contribution in [0.5, 0.6) is 5.75 Å². The third-order valence-electron chi connectivity index (χ3n) is 3.19. The van der Waals surface area contributed by atoms with Crippen LogP contribution in [0.2, 0.25) is 0 Å². The Bertz CT molecular complexity index is 543. The summed E-state index contributed by atoms with van der Waals surface area (Å²) < 4.78 is 5.78. The summed E-state index contributed by atoms with van der Waals surface area (Å²) in [4.78, 5) is 27.3. The molecule has 1 heterocycles. The number of hydrogen-bond donors (Lipinski definition) is 1. The molecule has 1 fully saturated rings. The average molecular weight is 238 g/mol. The van der Waals surface area contributed by atoms with Crippen LogP contribution in [0.4, 0.5) is 0 Å². The molecular formula is C11H14N2O4. The smallest absolute Gasteiger partial charge is 0.360 e. The van der Waals surface area contributed by atoms with Gasteiger partial charge >= 0.3 is 5.97 Å². The average Bonchev–Trinajstić information content (AvgIpc) is 3.04. The number of ether oxygens (including phenoxy) is 1. The van der Waals surface area contributed by atoms with Crippen LogP contribution in [-0.4, -0.2) is 27.7 Å². The number of carbonyl (C=O) groups excluding carboxylic acids is 1. The Labute approximate surface area is 97.9 Å². The minimum absolute atomic E-state index is 0.176. The largest absolute Gasteiger partial charge is 0.501 e. The van der Waals surface area contributed by atoms with Crippen LogP contribution in [-0.2, 0) is 17.2 Å². The molecule has 0 aliphatic heterocycles. The standard InChI is InChI=1S/C11H14N2O4/c1-11(4-5-11)10-12-6(9(16)17-3)7(14)8(15)13(10)2/h14H,4-5H2,1-3H3. The highest BCUT2D eigenvalue weighted by Gasteiger charge is 2.43. The SMILES string of the molecule is COC(=O)c1nc(C2(C)CC2)n(C)c(=O)c1O. The van der Waals surface area contributed by atoms with Gasteiger partial charge in [0, 0.05) is 12.5 Å². The van der Waals surface area contributed by atoms with Crippen molar-refractivity contribution in [2.24, 2.45) is 7.05 Å². The maximum absolute atomic E-state index is 11.8. The fourth-order valence-corrected chi connectivity index (χ4v) is 1.78. The van der Waals surface area contributed by atoms with E-state index in [0.29, 0.717) is 5.82 Å². The van der Waals surface area contributed by atoms with Crippen LogP contribution in [0.15, 0.2) is 4.79 Å². The van der Waals surface area contributed by atoms with E-state index in [4.69, 9.17) is 0 Å². The Morgan fingerprint density at radius 2 is 2.12 bits per heavy atom. The Morgan fingerprint density at radius 3 is 2.59 bits per heavy atom. The summed E-state index contributed by atoms with van der Waals surface area (Å²) in [7, 11) is 2.72. The normalized spacial score (nSPS) is 16.6. The van der Waals surface area contributed by atoms with Gasteiger partial charge in [0.25, 0.3) is 5.56 Å². The molecule has 0 saturated heterocycles. The number of aromatic nitrogens is 2. The maximum Gasteiger partial charge on any atom is 0.360 e. The van der Waals surface area contributed by atoms with Gasteiger partial charge in [-0.15, -0.1) is 0 Å². The van der Waals surface area contributed by atoms with Crippen LogP contribution >= 0.6 is 0 Å². The molecule has 1 saturated carbocycles. The second kappa shape index (κ2) is 3.58. The Kier molecular flexibility index (Phi) is 2.45. The lowest BCUT2D eigenvalue weighted by molar-refractivity contribution is 0.0589. The highest BCUT2D eigenvalue weighted by atomic mass is 16.5. The number of aromatic hydroxyl groups is 1. The van der Waals surface area contributed by atoms with Gasteiger partial charge in [0.05, 0.1) is 7.11 Å². The molecule has 1 aliphatic rings. The van der Waals surface area contributed by atoms with Crippen LogP contribution in [0.1, 0.15) is 36.1 Å². The highest BCUT2D eigenvalue weighted by Crippen LogP contribution is 2.46. The first-order valence-electron chi connectivity index (χ1n) is 5.29. The number of esters is 1. The number of nitrogens with zero attached hydrogens (tertiary/aromatic N) is 2. The van der Waals surface area contributed by atoms with Crippen molar-refractivity contribution in [1.29, 1.82) is 0 Å². The molecule has 1 aromatic heterocycles. The van der Waals surface area contributed by atoms with E-state index in [-0.39, 0.29) is 11.1 Å². The van der Waals surface area contributed by atoms with Crippen LogP contribution < -0.4 is 5.56 Å². The Hall–Kier alpha value is -1.85. The molecule has 17 heavy (non-hydrogen) atoms. The summed E-state index contributed by atoms with van der Waals surface area (Å²) in [5.41, 5.74) is -1.10. The van der Waals surface area contributed by atoms with Crippen LogP contribution in [0.25, 0.3) is 0 Å². The van der Waals surface area contributed by atoms with Gasteiger partial charge < -0.3 is 9.84 Å². The molecule has 0 unspecified atom stereocenters. The van der Waals surface area contributed by atoms with Gasteiger partial charge in [-0.05, 0) is 12.8 Å². The molecule has 0 bridgehead atoms. The van der Waals surface area contributed by atoms with Crippen molar-refractivity contribution in [2.45, 2.75) is 25.2 Å². The van der Waals surface area contributed by atoms with E-state index in [1.54, 1.807) is 0 Å². The lowest BCUT2D eigenvalue weighted by Gasteiger charge is -2.14. The van der Waals surface area contributed by atoms with E-state index in [9.17, 15) is 14.7 Å². The third-order valence-corrected chi connectivity index (χ3v) is 3.19. The molecule has 92 valence electrons. The van der Waals surface area contributed by atoms with Gasteiger partial charge in [-0.3, -0.25) is 9.36 Å². The van der Waals surface area contributed by atoms with E-state index >= 15 is 0 Å². The van der Waals surface area contributed by atoms with E-state index < -0.39 is 17.3 Å². The molecule has 1 N–H and O–H groups in total. The fourth-order valence-electron chi connectivity index (χ4n) is 1.78. The molecule has 2 rings (SSSR count). The number of hydrogen-bond acceptors (Lipinski definition) is 5. The van der Waals surface area contributed by atoms with Crippen molar-refractivity contribution in [3.63, 3.8) is 0 Å². The van der Waals surface area contributed by atoms with E-state index in [1.165, 1.54) is 18.7 Å². The van der Waals surface area contributed by atoms with E-state index in [1.807, 2.05) is 6.92 Å². The number of methoxy groups -OCH3 is 1. The molecular weight excluding hydrogens is 224 g/mol. The van der Waals surface area contributed by atoms with Crippen LogP contribution in [0, 0.1) is 0 Å². The minimum Gasteiger partial charge on any atom is -0.501 e. The van der Waals surface area contributed by atoms with Crippen molar-refractivity contribution in [1.82, 2.24) is 9.55 Å². The van der Waals surface area contributed by atoms with Crippen LogP contribution in [0.3, 0.4) is 0 Å². The molecule has 0 radical (unpaired) electrons. The van der Waals surface area contributed by atoms with E-state index in [0.717, 1.165) is 12.8 Å². The zero-order valence-electron chi connectivity index (χ0n) is 9.98. The predicted octanol–water partition coefficient (Wildman–Crippen LogP) is 0.324. The Balaban J connectivity index is 2.67. The quantitative estimate of drug-likeness (QED) is 0.750. The van der Waals surface area contributed by atoms with Gasteiger partial charge in [-0.25, -0.2) is 9.78 Å². The van der Waals surface area contributed by atoms with Gasteiger partial charge in [0.2, 0.25) is 5.75 Å². The first-order chi connectivity index (χ1) is 7.90. The molecule has 6 nitrogen and oxygen atoms in total. The van der Waals surface area contributed by atoms with Crippen molar-refractivity contribution >= 4 is 5.97 Å². The Morgan fingerprint density at radius 1 is 1.53 bits per heavy atom. The topological polar surface area (TPSA) is 81.4 Å². The lowest BCUT2D eigenvalue weighted by atomic mass is 10.1. The second-order valence-electron chi connectivity index (χ2n) is 4.55. The van der Waals surface area contributed by atoms with Gasteiger partial charge in [0.1, 0.15) is 5.82 Å². The zero-order chi connectivity index (χ0) is 12.8. The lowest BCUT2D eigenvalue weighted by Crippen LogP contribution is -2.28. The summed E-state index contributed by atoms with van der Waals surface area (Å²) in [5.74, 6) is -0.946. The molecule has 0 atom stereocenters. The monoisotopic (exact) mass is 238 g/mol. The first kappa shape index (κ1) is 11.6. The second-order valence-corrected chi connectivity index (χ2v) is 4.55. The summed E-state index contributed by atoms with van der Waals surface area (Å²) in [5, 5.41) is 9.59. The van der Waals surface area contributed by atoms with Gasteiger partial charge in [-0.2, -0.15) is 0 Å². The first-order valence-corrected chi connectivity index (χ1v) is 5.29. The third kappa shape index (κ3) is 1.69. The van der Waals surface area contributed by atoms with Gasteiger partial charge in [0.15, 0.2) is 5.69 Å². The zero-order valence-corrected chi connectivity index (χ0v) is 9.98. The van der Waals surface area contributed by atoms with Crippen molar-refractivity contribution in [3.8, 4) is 5.75 Å². The number of rotatable bonds is 2. The molecule has 0 aromatic carbocycles. The van der Waals surface area contributed by atoms with Crippen molar-refractivity contribution < 1.29 is 14.6 Å². The maximum atomic E-state index is 11.8. The summed E-state index contributed by atoms with van der Waals surface area (Å²) >= 11 is 0. The van der Waals surface area contributed by atoms with Gasteiger partial charge in [-0.1, -0.05) is 6.92 Å². The molecule has 0 spiro atoms. The molecule has 1 aromatic rings. The summed E-state index contributed by atoms with van der Waals surface area (Å²) in [6.45, 7) is 1.97. The minimum atomic E-state index is -0.800. The van der Waals surface area contributed by atoms with Crippen molar-refractivity contribution in [2.75, 3.05) is 7.11 Å². The predicted molar refractivity (Wildman–Crippen MR) is 59.1 cm³/mol. The van der Waals surface area contributed by atoms with Crippen molar-refractivity contribution in [3.05, 3.63) is 21.9 Å². The number of carbonyl (C=O) groups is 1.